The van der Waals surface area contributed by atoms with E-state index in [-0.39, 0.29) is 11.8 Å². The summed E-state index contributed by atoms with van der Waals surface area (Å²) in [5.41, 5.74) is 4.47. The number of nitrogens with one attached hydrogen (secondary N) is 1. The first-order valence-electron chi connectivity index (χ1n) is 11.4. The minimum absolute atomic E-state index is 0.201. The van der Waals surface area contributed by atoms with Gasteiger partial charge >= 0.3 is 6.03 Å². The smallest absolute Gasteiger partial charge is 0.326 e. The molecule has 0 radical (unpaired) electrons. The summed E-state index contributed by atoms with van der Waals surface area (Å²) in [4.78, 5) is 19.6. The summed E-state index contributed by atoms with van der Waals surface area (Å²) in [6.45, 7) is 2.46. The minimum atomic E-state index is -0.361. The lowest BCUT2D eigenvalue weighted by atomic mass is 10.0. The van der Waals surface area contributed by atoms with Crippen molar-refractivity contribution in [3.63, 3.8) is 0 Å². The Morgan fingerprint density at radius 1 is 1.08 bits per heavy atom. The molecule has 1 aliphatic heterocycles. The third kappa shape index (κ3) is 5.42. The van der Waals surface area contributed by atoms with E-state index in [1.807, 2.05) is 30.4 Å². The van der Waals surface area contributed by atoms with Crippen LogP contribution in [0.5, 0.6) is 0 Å². The van der Waals surface area contributed by atoms with Crippen molar-refractivity contribution < 1.29 is 9.18 Å². The molecule has 184 valence electrons. The zero-order valence-corrected chi connectivity index (χ0v) is 21.4. The van der Waals surface area contributed by atoms with E-state index in [1.165, 1.54) is 12.1 Å². The number of pyridine rings is 1. The first-order chi connectivity index (χ1) is 17.4. The molecular weight excluding hydrogens is 522 g/mol. The Hall–Kier alpha value is -2.90. The summed E-state index contributed by atoms with van der Waals surface area (Å²) < 4.78 is 15.4. The predicted octanol–water partition coefficient (Wildman–Crippen LogP) is 6.97. The van der Waals surface area contributed by atoms with Gasteiger partial charge in [0.2, 0.25) is 0 Å². The van der Waals surface area contributed by atoms with Gasteiger partial charge in [-0.1, -0.05) is 47.0 Å². The van der Waals surface area contributed by atoms with Crippen molar-refractivity contribution in [2.24, 2.45) is 0 Å². The summed E-state index contributed by atoms with van der Waals surface area (Å²) in [7, 11) is 0. The van der Waals surface area contributed by atoms with Crippen molar-refractivity contribution in [2.45, 2.75) is 19.5 Å². The quantitative estimate of drug-likeness (QED) is 0.277. The normalized spacial score (nSPS) is 13.9. The molecule has 0 saturated carbocycles. The highest BCUT2D eigenvalue weighted by molar-refractivity contribution is 6.31. The van der Waals surface area contributed by atoms with Gasteiger partial charge in [0.05, 0.1) is 5.52 Å². The number of carbonyl (C=O) groups excluding carboxylic acids is 1. The van der Waals surface area contributed by atoms with E-state index in [4.69, 9.17) is 34.8 Å². The van der Waals surface area contributed by atoms with Gasteiger partial charge in [0.1, 0.15) is 11.0 Å². The largest absolute Gasteiger partial charge is 0.333 e. The van der Waals surface area contributed by atoms with Crippen LogP contribution in [0.4, 0.5) is 9.18 Å². The topological polar surface area (TPSA) is 50.2 Å². The Morgan fingerprint density at radius 3 is 2.75 bits per heavy atom. The summed E-state index contributed by atoms with van der Waals surface area (Å²) in [5.74, 6) is -0.361. The van der Waals surface area contributed by atoms with Crippen LogP contribution in [-0.2, 0) is 19.5 Å². The number of aromatic nitrogens is 2. The second-order valence-corrected chi connectivity index (χ2v) is 9.92. The van der Waals surface area contributed by atoms with E-state index in [0.717, 1.165) is 34.3 Å². The van der Waals surface area contributed by atoms with E-state index < -0.39 is 0 Å². The third-order valence-electron chi connectivity index (χ3n) is 6.19. The highest BCUT2D eigenvalue weighted by Gasteiger charge is 2.26. The Bertz CT molecular complexity index is 1460. The molecule has 0 aliphatic carbocycles. The summed E-state index contributed by atoms with van der Waals surface area (Å²) in [5, 5.41) is 5.33. The molecule has 1 amide bonds. The SMILES string of the molecule is O=C(NCc1ccnc(Cl)c1)n1c2c(c3cc(Cl)ccc31)CN(C/C=C/c1cc(F)cc(Cl)c1)CC2. The lowest BCUT2D eigenvalue weighted by Gasteiger charge is -2.27. The number of carbonyl (C=O) groups is 1. The lowest BCUT2D eigenvalue weighted by molar-refractivity contribution is 0.240. The number of amides is 1. The Morgan fingerprint density at radius 2 is 1.94 bits per heavy atom. The van der Waals surface area contributed by atoms with Crippen LogP contribution in [0.1, 0.15) is 22.4 Å². The number of nitrogens with zero attached hydrogens (tertiary/aromatic N) is 3. The number of fused-ring (bicyclic) bond motifs is 3. The predicted molar refractivity (Wildman–Crippen MR) is 143 cm³/mol. The van der Waals surface area contributed by atoms with Crippen LogP contribution in [0.2, 0.25) is 15.2 Å². The molecule has 0 saturated heterocycles. The summed E-state index contributed by atoms with van der Waals surface area (Å²) in [6.07, 6.45) is 6.18. The van der Waals surface area contributed by atoms with Gasteiger partial charge in [-0.25, -0.2) is 14.2 Å². The molecule has 0 atom stereocenters. The Labute approximate surface area is 223 Å². The van der Waals surface area contributed by atoms with Crippen LogP contribution in [0, 0.1) is 5.82 Å². The van der Waals surface area contributed by atoms with Crippen LogP contribution in [0.15, 0.2) is 60.8 Å². The number of halogens is 4. The molecular formula is C27H22Cl3FN4O. The first kappa shape index (κ1) is 24.8. The van der Waals surface area contributed by atoms with Crippen LogP contribution < -0.4 is 5.32 Å². The molecule has 2 aromatic carbocycles. The Kier molecular flexibility index (Phi) is 7.30. The second kappa shape index (κ2) is 10.6. The molecule has 36 heavy (non-hydrogen) atoms. The maximum atomic E-state index is 13.6. The zero-order valence-electron chi connectivity index (χ0n) is 19.1. The van der Waals surface area contributed by atoms with E-state index in [9.17, 15) is 9.18 Å². The molecule has 5 rings (SSSR count). The maximum Gasteiger partial charge on any atom is 0.326 e. The fraction of sp³-hybridized carbons (Fsp3) is 0.185. The van der Waals surface area contributed by atoms with Crippen molar-refractivity contribution in [2.75, 3.05) is 13.1 Å². The van der Waals surface area contributed by atoms with Gasteiger partial charge in [-0.15, -0.1) is 0 Å². The van der Waals surface area contributed by atoms with Gasteiger partial charge < -0.3 is 5.32 Å². The highest BCUT2D eigenvalue weighted by atomic mass is 35.5. The minimum Gasteiger partial charge on any atom is -0.333 e. The van der Waals surface area contributed by atoms with Crippen LogP contribution in [0.25, 0.3) is 17.0 Å². The molecule has 0 unspecified atom stereocenters. The standard InChI is InChI=1S/C27H22Cl3FN4O/c28-19-3-4-24-22(14-19)23-16-34(8-1-2-17-10-20(29)13-21(31)11-17)9-6-25(23)35(24)27(36)33-15-18-5-7-32-26(30)12-18/h1-5,7,10-14H,6,8-9,15-16H2,(H,33,36)/b2-1+. The molecule has 0 spiro atoms. The molecule has 1 N–H and O–H groups in total. The summed E-state index contributed by atoms with van der Waals surface area (Å²) in [6, 6.07) is 13.4. The van der Waals surface area contributed by atoms with E-state index in [2.05, 4.69) is 15.2 Å². The zero-order chi connectivity index (χ0) is 25.2. The summed E-state index contributed by atoms with van der Waals surface area (Å²) >= 11 is 18.3. The molecule has 1 aliphatic rings. The van der Waals surface area contributed by atoms with Gasteiger partial charge in [0, 0.05) is 59.9 Å². The van der Waals surface area contributed by atoms with Crippen LogP contribution in [-0.4, -0.2) is 33.6 Å². The van der Waals surface area contributed by atoms with Crippen LogP contribution in [0.3, 0.4) is 0 Å². The Balaban J connectivity index is 1.37. The number of hydrogen-bond acceptors (Lipinski definition) is 3. The van der Waals surface area contributed by atoms with Gasteiger partial charge in [-0.2, -0.15) is 0 Å². The van der Waals surface area contributed by atoms with Crippen LogP contribution >= 0.6 is 34.8 Å². The fourth-order valence-electron chi connectivity index (χ4n) is 4.59. The van der Waals surface area contributed by atoms with Gasteiger partial charge in [0.25, 0.3) is 0 Å². The van der Waals surface area contributed by atoms with Crippen molar-refractivity contribution in [3.8, 4) is 0 Å². The third-order valence-corrected chi connectivity index (χ3v) is 6.85. The lowest BCUT2D eigenvalue weighted by Crippen LogP contribution is -2.34. The molecule has 5 nitrogen and oxygen atoms in total. The first-order valence-corrected chi connectivity index (χ1v) is 12.6. The molecule has 0 fully saturated rings. The maximum absolute atomic E-state index is 13.6. The number of hydrogen-bond donors (Lipinski definition) is 1. The van der Waals surface area contributed by atoms with Gasteiger partial charge in [-0.3, -0.25) is 9.47 Å². The number of rotatable bonds is 5. The molecule has 4 aromatic rings. The highest BCUT2D eigenvalue weighted by Crippen LogP contribution is 2.32. The molecule has 9 heteroatoms. The fourth-order valence-corrected chi connectivity index (χ4v) is 5.19. The van der Waals surface area contributed by atoms with Gasteiger partial charge in [-0.05, 0) is 65.2 Å². The molecule has 2 aromatic heterocycles. The van der Waals surface area contributed by atoms with E-state index in [0.29, 0.717) is 46.8 Å². The van der Waals surface area contributed by atoms with E-state index in [1.54, 1.807) is 29.0 Å². The number of benzene rings is 2. The second-order valence-electron chi connectivity index (χ2n) is 8.66. The average Bonchev–Trinajstić information content (AvgIpc) is 3.15. The monoisotopic (exact) mass is 542 g/mol. The molecule has 3 heterocycles. The molecule has 0 bridgehead atoms. The van der Waals surface area contributed by atoms with Crippen molar-refractivity contribution in [1.29, 1.82) is 0 Å². The average molecular weight is 544 g/mol. The van der Waals surface area contributed by atoms with Crippen molar-refractivity contribution in [1.82, 2.24) is 19.8 Å². The van der Waals surface area contributed by atoms with Crippen molar-refractivity contribution in [3.05, 3.63) is 104 Å². The van der Waals surface area contributed by atoms with E-state index >= 15 is 0 Å². The van der Waals surface area contributed by atoms with Gasteiger partial charge in [0.15, 0.2) is 0 Å². The van der Waals surface area contributed by atoms with Crippen molar-refractivity contribution >= 4 is 57.8 Å².